The highest BCUT2D eigenvalue weighted by Gasteiger charge is 2.05. The largest absolute Gasteiger partial charge is 0.508 e. The Labute approximate surface area is 105 Å². The fourth-order valence-electron chi connectivity index (χ4n) is 2.20. The minimum Gasteiger partial charge on any atom is -0.508 e. The molecule has 0 spiro atoms. The average Bonchev–Trinajstić information content (AvgIpc) is 2.32. The van der Waals surface area contributed by atoms with Crippen molar-refractivity contribution in [2.75, 3.05) is 6.54 Å². The zero-order valence-electron chi connectivity index (χ0n) is 11.1. The lowest BCUT2D eigenvalue weighted by Crippen LogP contribution is -2.28. The maximum atomic E-state index is 9.20. The van der Waals surface area contributed by atoms with Gasteiger partial charge in [0.2, 0.25) is 0 Å². The number of aryl methyl sites for hydroxylation is 1. The van der Waals surface area contributed by atoms with Crippen LogP contribution in [0.15, 0.2) is 24.3 Å². The quantitative estimate of drug-likeness (QED) is 0.723. The van der Waals surface area contributed by atoms with E-state index in [4.69, 9.17) is 0 Å². The summed E-state index contributed by atoms with van der Waals surface area (Å²) in [4.78, 5) is 0. The molecule has 0 saturated carbocycles. The van der Waals surface area contributed by atoms with E-state index in [0.29, 0.717) is 11.8 Å². The van der Waals surface area contributed by atoms with Gasteiger partial charge in [-0.15, -0.1) is 0 Å². The molecule has 0 radical (unpaired) electrons. The fraction of sp³-hybridized carbons (Fsp3) is 0.600. The monoisotopic (exact) mass is 235 g/mol. The van der Waals surface area contributed by atoms with Crippen molar-refractivity contribution in [2.24, 2.45) is 0 Å². The lowest BCUT2D eigenvalue weighted by atomic mass is 10.0. The first-order valence-corrected chi connectivity index (χ1v) is 6.77. The van der Waals surface area contributed by atoms with Crippen LogP contribution in [-0.2, 0) is 6.42 Å². The normalized spacial score (nSPS) is 12.6. The second-order valence-corrected chi connectivity index (χ2v) is 4.60. The third-order valence-electron chi connectivity index (χ3n) is 3.08. The van der Waals surface area contributed by atoms with Crippen LogP contribution >= 0.6 is 0 Å². The standard InChI is InChI=1S/C15H25NO/c1-3-6-14(16-4-2)8-5-7-13-9-11-15(17)12-10-13/h9-12,14,16-17H,3-8H2,1-2H3. The molecule has 0 aromatic heterocycles. The molecule has 1 unspecified atom stereocenters. The smallest absolute Gasteiger partial charge is 0.115 e. The van der Waals surface area contributed by atoms with Gasteiger partial charge in [-0.3, -0.25) is 0 Å². The van der Waals surface area contributed by atoms with E-state index in [1.165, 1.54) is 31.2 Å². The Morgan fingerprint density at radius 2 is 1.82 bits per heavy atom. The van der Waals surface area contributed by atoms with E-state index in [1.807, 2.05) is 12.1 Å². The molecule has 2 heteroatoms. The molecule has 0 amide bonds. The minimum atomic E-state index is 0.352. The molecule has 0 aliphatic rings. The van der Waals surface area contributed by atoms with Gasteiger partial charge in [0.05, 0.1) is 0 Å². The van der Waals surface area contributed by atoms with Gasteiger partial charge < -0.3 is 10.4 Å². The van der Waals surface area contributed by atoms with Gasteiger partial charge in [-0.1, -0.05) is 32.4 Å². The van der Waals surface area contributed by atoms with Crippen molar-refractivity contribution < 1.29 is 5.11 Å². The predicted octanol–water partition coefficient (Wildman–Crippen LogP) is 3.49. The summed E-state index contributed by atoms with van der Waals surface area (Å²) in [6, 6.07) is 8.23. The van der Waals surface area contributed by atoms with Crippen LogP contribution in [0.2, 0.25) is 0 Å². The maximum Gasteiger partial charge on any atom is 0.115 e. The molecular weight excluding hydrogens is 210 g/mol. The molecule has 2 nitrogen and oxygen atoms in total. The predicted molar refractivity (Wildman–Crippen MR) is 73.4 cm³/mol. The number of nitrogens with one attached hydrogen (secondary N) is 1. The molecular formula is C15H25NO. The first-order valence-electron chi connectivity index (χ1n) is 6.77. The summed E-state index contributed by atoms with van der Waals surface area (Å²) in [5, 5.41) is 12.7. The van der Waals surface area contributed by atoms with Gasteiger partial charge in [0, 0.05) is 6.04 Å². The number of hydrogen-bond acceptors (Lipinski definition) is 2. The molecule has 1 rings (SSSR count). The molecule has 0 bridgehead atoms. The third kappa shape index (κ3) is 5.73. The van der Waals surface area contributed by atoms with Crippen LogP contribution in [0.3, 0.4) is 0 Å². The lowest BCUT2D eigenvalue weighted by molar-refractivity contribution is 0.447. The summed E-state index contributed by atoms with van der Waals surface area (Å²) in [5.74, 6) is 0.352. The summed E-state index contributed by atoms with van der Waals surface area (Å²) in [6.07, 6.45) is 6.07. The van der Waals surface area contributed by atoms with Crippen LogP contribution in [0.25, 0.3) is 0 Å². The Bertz CT molecular complexity index is 288. The van der Waals surface area contributed by atoms with Crippen molar-refractivity contribution >= 4 is 0 Å². The number of rotatable bonds is 8. The van der Waals surface area contributed by atoms with Crippen molar-refractivity contribution in [3.8, 4) is 5.75 Å². The molecule has 1 aromatic rings. The van der Waals surface area contributed by atoms with Crippen LogP contribution in [0.1, 0.15) is 45.1 Å². The number of phenols is 1. The average molecular weight is 235 g/mol. The van der Waals surface area contributed by atoms with E-state index in [1.54, 1.807) is 12.1 Å². The Balaban J connectivity index is 2.27. The van der Waals surface area contributed by atoms with Gasteiger partial charge >= 0.3 is 0 Å². The minimum absolute atomic E-state index is 0.352. The Morgan fingerprint density at radius 3 is 2.41 bits per heavy atom. The maximum absolute atomic E-state index is 9.20. The van der Waals surface area contributed by atoms with Gasteiger partial charge in [-0.2, -0.15) is 0 Å². The van der Waals surface area contributed by atoms with Crippen LogP contribution in [0.5, 0.6) is 5.75 Å². The summed E-state index contributed by atoms with van der Waals surface area (Å²) < 4.78 is 0. The van der Waals surface area contributed by atoms with E-state index in [2.05, 4.69) is 19.2 Å². The molecule has 0 heterocycles. The van der Waals surface area contributed by atoms with E-state index >= 15 is 0 Å². The van der Waals surface area contributed by atoms with Crippen LogP contribution < -0.4 is 5.32 Å². The summed E-state index contributed by atoms with van der Waals surface area (Å²) in [7, 11) is 0. The highest BCUT2D eigenvalue weighted by molar-refractivity contribution is 5.25. The van der Waals surface area contributed by atoms with Crippen molar-refractivity contribution in [1.29, 1.82) is 0 Å². The van der Waals surface area contributed by atoms with Crippen molar-refractivity contribution in [3.05, 3.63) is 29.8 Å². The Morgan fingerprint density at radius 1 is 1.12 bits per heavy atom. The molecule has 0 aliphatic heterocycles. The Kier molecular flexibility index (Phi) is 6.71. The van der Waals surface area contributed by atoms with Gasteiger partial charge in [0.15, 0.2) is 0 Å². The van der Waals surface area contributed by atoms with Crippen LogP contribution in [0, 0.1) is 0 Å². The molecule has 0 aliphatic carbocycles. The van der Waals surface area contributed by atoms with Gasteiger partial charge in [0.25, 0.3) is 0 Å². The zero-order chi connectivity index (χ0) is 12.5. The van der Waals surface area contributed by atoms with E-state index in [9.17, 15) is 5.11 Å². The van der Waals surface area contributed by atoms with Crippen molar-refractivity contribution in [3.63, 3.8) is 0 Å². The number of hydrogen-bond donors (Lipinski definition) is 2. The van der Waals surface area contributed by atoms with Crippen molar-refractivity contribution in [2.45, 2.75) is 52.0 Å². The van der Waals surface area contributed by atoms with Gasteiger partial charge in [-0.25, -0.2) is 0 Å². The van der Waals surface area contributed by atoms with Crippen LogP contribution in [0.4, 0.5) is 0 Å². The molecule has 2 N–H and O–H groups in total. The Hall–Kier alpha value is -1.02. The number of benzene rings is 1. The molecule has 1 aromatic carbocycles. The lowest BCUT2D eigenvalue weighted by Gasteiger charge is -2.16. The molecule has 1 atom stereocenters. The second-order valence-electron chi connectivity index (χ2n) is 4.60. The third-order valence-corrected chi connectivity index (χ3v) is 3.08. The van der Waals surface area contributed by atoms with Gasteiger partial charge in [-0.05, 0) is 49.9 Å². The molecule has 0 fully saturated rings. The SMILES string of the molecule is CCCC(CCCc1ccc(O)cc1)NCC. The first kappa shape index (κ1) is 14.0. The summed E-state index contributed by atoms with van der Waals surface area (Å²) >= 11 is 0. The van der Waals surface area contributed by atoms with E-state index in [0.717, 1.165) is 13.0 Å². The highest BCUT2D eigenvalue weighted by Crippen LogP contribution is 2.13. The molecule has 17 heavy (non-hydrogen) atoms. The highest BCUT2D eigenvalue weighted by atomic mass is 16.3. The molecule has 0 saturated heterocycles. The van der Waals surface area contributed by atoms with E-state index in [-0.39, 0.29) is 0 Å². The number of phenolic OH excluding ortho intramolecular Hbond substituents is 1. The summed E-state index contributed by atoms with van der Waals surface area (Å²) in [5.41, 5.74) is 1.31. The van der Waals surface area contributed by atoms with Gasteiger partial charge in [0.1, 0.15) is 5.75 Å². The first-order chi connectivity index (χ1) is 8.26. The zero-order valence-corrected chi connectivity index (χ0v) is 11.1. The number of aromatic hydroxyl groups is 1. The molecule has 96 valence electrons. The van der Waals surface area contributed by atoms with Crippen LogP contribution in [-0.4, -0.2) is 17.7 Å². The van der Waals surface area contributed by atoms with E-state index < -0.39 is 0 Å². The summed E-state index contributed by atoms with van der Waals surface area (Å²) in [6.45, 7) is 5.47. The second kappa shape index (κ2) is 8.13. The fourth-order valence-corrected chi connectivity index (χ4v) is 2.20. The van der Waals surface area contributed by atoms with Crippen molar-refractivity contribution in [1.82, 2.24) is 5.32 Å². The topological polar surface area (TPSA) is 32.3 Å².